The van der Waals surface area contributed by atoms with E-state index in [1.807, 2.05) is 27.5 Å². The van der Waals surface area contributed by atoms with E-state index in [4.69, 9.17) is 0 Å². The summed E-state index contributed by atoms with van der Waals surface area (Å²) in [6.07, 6.45) is 9.82. The zero-order valence-electron chi connectivity index (χ0n) is 11.1. The Balaban J connectivity index is 1.46. The van der Waals surface area contributed by atoms with Crippen LogP contribution in [-0.4, -0.2) is 49.9 Å². The normalized spacial score (nSPS) is 24.2. The van der Waals surface area contributed by atoms with Gasteiger partial charge in [-0.1, -0.05) is 18.1 Å². The molecule has 19 heavy (non-hydrogen) atoms. The van der Waals surface area contributed by atoms with E-state index in [2.05, 4.69) is 10.3 Å². The second kappa shape index (κ2) is 5.94. The Kier molecular flexibility index (Phi) is 4.06. The summed E-state index contributed by atoms with van der Waals surface area (Å²) >= 11 is 1.85. The van der Waals surface area contributed by atoms with Crippen LogP contribution in [0.2, 0.25) is 0 Å². The highest BCUT2D eigenvalue weighted by Gasteiger charge is 2.28. The molecule has 1 aliphatic carbocycles. The lowest BCUT2D eigenvalue weighted by atomic mass is 10.3. The van der Waals surface area contributed by atoms with Gasteiger partial charge in [-0.2, -0.15) is 0 Å². The molecule has 1 aromatic heterocycles. The van der Waals surface area contributed by atoms with Gasteiger partial charge in [0.05, 0.1) is 18.0 Å². The van der Waals surface area contributed by atoms with Crippen molar-refractivity contribution in [3.63, 3.8) is 0 Å². The lowest BCUT2D eigenvalue weighted by Crippen LogP contribution is -2.31. The fraction of sp³-hybridized carbons (Fsp3) is 0.769. The number of thioether (sulfide) groups is 1. The molecule has 0 radical (unpaired) electrons. The Labute approximate surface area is 117 Å². The minimum Gasteiger partial charge on any atom is -0.340 e. The van der Waals surface area contributed by atoms with Gasteiger partial charge < -0.3 is 4.90 Å². The first-order chi connectivity index (χ1) is 9.33. The van der Waals surface area contributed by atoms with Gasteiger partial charge in [-0.15, -0.1) is 16.9 Å². The molecule has 1 saturated heterocycles. The Morgan fingerprint density at radius 2 is 2.16 bits per heavy atom. The minimum absolute atomic E-state index is 0.291. The number of hydrogen-bond acceptors (Lipinski definition) is 4. The third-order valence-electron chi connectivity index (χ3n) is 4.08. The van der Waals surface area contributed by atoms with Crippen LogP contribution < -0.4 is 0 Å². The van der Waals surface area contributed by atoms with Gasteiger partial charge in [0.1, 0.15) is 0 Å². The number of likely N-dealkylation sites (tertiary alicyclic amines) is 1. The fourth-order valence-corrected chi connectivity index (χ4v) is 4.16. The number of hydrogen-bond donors (Lipinski definition) is 0. The molecule has 5 nitrogen and oxygen atoms in total. The highest BCUT2D eigenvalue weighted by molar-refractivity contribution is 8.00. The third-order valence-corrected chi connectivity index (χ3v) is 5.43. The molecule has 6 heteroatoms. The molecule has 1 unspecified atom stereocenters. The topological polar surface area (TPSA) is 51.0 Å². The van der Waals surface area contributed by atoms with E-state index >= 15 is 0 Å². The van der Waals surface area contributed by atoms with Crippen LogP contribution in [0, 0.1) is 0 Å². The third kappa shape index (κ3) is 3.11. The van der Waals surface area contributed by atoms with Gasteiger partial charge in [0.25, 0.3) is 0 Å². The number of rotatable bonds is 4. The van der Waals surface area contributed by atoms with Crippen molar-refractivity contribution in [1.29, 1.82) is 0 Å². The fourth-order valence-electron chi connectivity index (χ4n) is 2.93. The Bertz CT molecular complexity index is 416. The van der Waals surface area contributed by atoms with Crippen LogP contribution in [-0.2, 0) is 4.79 Å². The van der Waals surface area contributed by atoms with E-state index in [0.29, 0.717) is 17.7 Å². The largest absolute Gasteiger partial charge is 0.340 e. The summed E-state index contributed by atoms with van der Waals surface area (Å²) in [4.78, 5) is 14.2. The standard InChI is InChI=1S/C13H20N4OS/c18-13(10-19-12-3-1-2-4-12)16-7-5-11(9-16)17-8-6-14-15-17/h6,8,11-12H,1-5,7,9-10H2. The van der Waals surface area contributed by atoms with Crippen LogP contribution in [0.5, 0.6) is 0 Å². The van der Waals surface area contributed by atoms with Crippen LogP contribution in [0.3, 0.4) is 0 Å². The molecule has 1 aliphatic heterocycles. The molecule has 2 aliphatic rings. The van der Waals surface area contributed by atoms with Gasteiger partial charge in [0, 0.05) is 24.5 Å². The predicted octanol–water partition coefficient (Wildman–Crippen LogP) is 1.73. The van der Waals surface area contributed by atoms with Gasteiger partial charge in [0.2, 0.25) is 5.91 Å². The van der Waals surface area contributed by atoms with Crippen molar-refractivity contribution in [3.05, 3.63) is 12.4 Å². The molecule has 1 atom stereocenters. The quantitative estimate of drug-likeness (QED) is 0.843. The van der Waals surface area contributed by atoms with E-state index < -0.39 is 0 Å². The average molecular weight is 280 g/mol. The van der Waals surface area contributed by atoms with Crippen LogP contribution >= 0.6 is 11.8 Å². The SMILES string of the molecule is O=C(CSC1CCCC1)N1CCC(n2ccnn2)C1. The van der Waals surface area contributed by atoms with E-state index in [0.717, 1.165) is 24.8 Å². The predicted molar refractivity (Wildman–Crippen MR) is 75.0 cm³/mol. The number of carbonyl (C=O) groups excluding carboxylic acids is 1. The molecule has 1 aromatic rings. The molecule has 1 amide bonds. The van der Waals surface area contributed by atoms with Crippen molar-refractivity contribution >= 4 is 17.7 Å². The second-order valence-corrected chi connectivity index (χ2v) is 6.67. The van der Waals surface area contributed by atoms with Gasteiger partial charge >= 0.3 is 0 Å². The van der Waals surface area contributed by atoms with E-state index in [1.54, 1.807) is 6.20 Å². The van der Waals surface area contributed by atoms with Crippen LogP contribution in [0.1, 0.15) is 38.1 Å². The van der Waals surface area contributed by atoms with Crippen molar-refractivity contribution in [1.82, 2.24) is 19.9 Å². The molecule has 0 bridgehead atoms. The van der Waals surface area contributed by atoms with E-state index in [1.165, 1.54) is 25.7 Å². The van der Waals surface area contributed by atoms with Crippen molar-refractivity contribution in [2.75, 3.05) is 18.8 Å². The Morgan fingerprint density at radius 3 is 2.89 bits per heavy atom. The molecular formula is C13H20N4OS. The Morgan fingerprint density at radius 1 is 1.32 bits per heavy atom. The summed E-state index contributed by atoms with van der Waals surface area (Å²) in [5.74, 6) is 0.939. The highest BCUT2D eigenvalue weighted by Crippen LogP contribution is 2.30. The Hall–Kier alpha value is -1.04. The molecular weight excluding hydrogens is 260 g/mol. The monoisotopic (exact) mass is 280 g/mol. The van der Waals surface area contributed by atoms with Crippen LogP contribution in [0.4, 0.5) is 0 Å². The molecule has 2 fully saturated rings. The molecule has 104 valence electrons. The highest BCUT2D eigenvalue weighted by atomic mass is 32.2. The number of nitrogens with zero attached hydrogens (tertiary/aromatic N) is 4. The van der Waals surface area contributed by atoms with Crippen molar-refractivity contribution < 1.29 is 4.79 Å². The molecule has 3 rings (SSSR count). The maximum atomic E-state index is 12.2. The molecule has 1 saturated carbocycles. The summed E-state index contributed by atoms with van der Waals surface area (Å²) in [5.41, 5.74) is 0. The minimum atomic E-state index is 0.291. The van der Waals surface area contributed by atoms with E-state index in [-0.39, 0.29) is 0 Å². The lowest BCUT2D eigenvalue weighted by Gasteiger charge is -2.17. The van der Waals surface area contributed by atoms with Gasteiger partial charge in [0.15, 0.2) is 0 Å². The second-order valence-electron chi connectivity index (χ2n) is 5.38. The maximum Gasteiger partial charge on any atom is 0.232 e. The molecule has 0 N–H and O–H groups in total. The summed E-state index contributed by atoms with van der Waals surface area (Å²) in [5, 5.41) is 8.58. The van der Waals surface area contributed by atoms with Gasteiger partial charge in [-0.25, -0.2) is 4.68 Å². The summed E-state index contributed by atoms with van der Waals surface area (Å²) < 4.78 is 1.87. The summed E-state index contributed by atoms with van der Waals surface area (Å²) in [7, 11) is 0. The number of amides is 1. The van der Waals surface area contributed by atoms with Crippen LogP contribution in [0.15, 0.2) is 12.4 Å². The maximum absolute atomic E-state index is 12.2. The van der Waals surface area contributed by atoms with Gasteiger partial charge in [-0.3, -0.25) is 4.79 Å². The van der Waals surface area contributed by atoms with Crippen molar-refractivity contribution in [2.45, 2.75) is 43.4 Å². The zero-order chi connectivity index (χ0) is 13.1. The van der Waals surface area contributed by atoms with Crippen molar-refractivity contribution in [3.8, 4) is 0 Å². The smallest absolute Gasteiger partial charge is 0.232 e. The first-order valence-electron chi connectivity index (χ1n) is 7.08. The average Bonchev–Trinajstić information content (AvgIpc) is 3.14. The zero-order valence-corrected chi connectivity index (χ0v) is 11.9. The molecule has 2 heterocycles. The van der Waals surface area contributed by atoms with Gasteiger partial charge in [-0.05, 0) is 19.3 Å². The first kappa shape index (κ1) is 13.0. The lowest BCUT2D eigenvalue weighted by molar-refractivity contribution is -0.127. The van der Waals surface area contributed by atoms with E-state index in [9.17, 15) is 4.79 Å². The summed E-state index contributed by atoms with van der Waals surface area (Å²) in [6.45, 7) is 1.64. The van der Waals surface area contributed by atoms with Crippen LogP contribution in [0.25, 0.3) is 0 Å². The molecule has 0 spiro atoms. The summed E-state index contributed by atoms with van der Waals surface area (Å²) in [6, 6.07) is 0.308. The van der Waals surface area contributed by atoms with Crippen molar-refractivity contribution in [2.24, 2.45) is 0 Å². The number of carbonyl (C=O) groups is 1. The number of aromatic nitrogens is 3. The first-order valence-corrected chi connectivity index (χ1v) is 8.13. The molecule has 0 aromatic carbocycles.